The molecular weight excluding hydrogens is 262 g/mol. The van der Waals surface area contributed by atoms with Crippen molar-refractivity contribution < 1.29 is 19.0 Å². The molecule has 0 saturated carbocycles. The maximum Gasteiger partial charge on any atom is 0.513 e. The quantitative estimate of drug-likeness (QED) is 0.314. The molecule has 0 aliphatic rings. The lowest BCUT2D eigenvalue weighted by Crippen LogP contribution is -2.15. The molecule has 0 N–H and O–H groups in total. The molecule has 20 heavy (non-hydrogen) atoms. The summed E-state index contributed by atoms with van der Waals surface area (Å²) in [7, 11) is 1.66. The molecule has 0 heterocycles. The molecule has 0 fully saturated rings. The number of ether oxygens (including phenoxy) is 3. The van der Waals surface area contributed by atoms with E-state index in [9.17, 15) is 9.70 Å². The van der Waals surface area contributed by atoms with Gasteiger partial charge in [0.25, 0.3) is 0 Å². The van der Waals surface area contributed by atoms with E-state index in [1.54, 1.807) is 7.11 Å². The normalized spacial score (nSPS) is 11.7. The summed E-state index contributed by atoms with van der Waals surface area (Å²) in [6.07, 6.45) is 1.09. The van der Waals surface area contributed by atoms with E-state index in [-0.39, 0.29) is 11.6 Å². The minimum atomic E-state index is -0.754. The SMILES string of the molecule is COCCCC(C)COC(=O)Oc1ccc(N=O)cc1. The molecule has 0 saturated heterocycles. The Morgan fingerprint density at radius 1 is 1.30 bits per heavy atom. The summed E-state index contributed by atoms with van der Waals surface area (Å²) in [5.41, 5.74) is 0.275. The fourth-order valence-corrected chi connectivity index (χ4v) is 1.57. The van der Waals surface area contributed by atoms with Gasteiger partial charge in [0.1, 0.15) is 11.4 Å². The summed E-state index contributed by atoms with van der Waals surface area (Å²) in [5, 5.41) is 2.75. The van der Waals surface area contributed by atoms with Crippen molar-refractivity contribution in [1.82, 2.24) is 0 Å². The van der Waals surface area contributed by atoms with Crippen LogP contribution in [0.4, 0.5) is 10.5 Å². The average Bonchev–Trinajstić information content (AvgIpc) is 2.46. The minimum Gasteiger partial charge on any atom is -0.434 e. The molecule has 6 heteroatoms. The first kappa shape index (κ1) is 16.1. The van der Waals surface area contributed by atoms with E-state index in [0.717, 1.165) is 12.8 Å². The van der Waals surface area contributed by atoms with Gasteiger partial charge in [0.2, 0.25) is 0 Å². The van der Waals surface area contributed by atoms with Crippen LogP contribution in [0.2, 0.25) is 0 Å². The molecule has 0 aliphatic carbocycles. The van der Waals surface area contributed by atoms with Gasteiger partial charge in [0.05, 0.1) is 6.61 Å². The lowest BCUT2D eigenvalue weighted by molar-refractivity contribution is 0.0829. The first-order chi connectivity index (χ1) is 9.65. The van der Waals surface area contributed by atoms with Crippen LogP contribution in [0.5, 0.6) is 5.75 Å². The zero-order chi connectivity index (χ0) is 14.8. The van der Waals surface area contributed by atoms with Crippen LogP contribution in [0.1, 0.15) is 19.8 Å². The second kappa shape index (κ2) is 9.03. The van der Waals surface area contributed by atoms with Crippen molar-refractivity contribution in [3.63, 3.8) is 0 Å². The summed E-state index contributed by atoms with van der Waals surface area (Å²) >= 11 is 0. The molecule has 6 nitrogen and oxygen atoms in total. The number of nitroso groups, excluding NO2 is 1. The number of rotatable bonds is 8. The predicted octanol–water partition coefficient (Wildman–Crippen LogP) is 3.66. The number of carbonyl (C=O) groups excluding carboxylic acids is 1. The first-order valence-electron chi connectivity index (χ1n) is 6.42. The van der Waals surface area contributed by atoms with Crippen molar-refractivity contribution in [2.45, 2.75) is 19.8 Å². The summed E-state index contributed by atoms with van der Waals surface area (Å²) in [4.78, 5) is 21.7. The van der Waals surface area contributed by atoms with Gasteiger partial charge in [-0.25, -0.2) is 4.79 Å². The monoisotopic (exact) mass is 281 g/mol. The van der Waals surface area contributed by atoms with Crippen LogP contribution in [-0.2, 0) is 9.47 Å². The Morgan fingerprint density at radius 3 is 2.60 bits per heavy atom. The number of carbonyl (C=O) groups is 1. The predicted molar refractivity (Wildman–Crippen MR) is 74.1 cm³/mol. The maximum atomic E-state index is 11.4. The molecule has 0 bridgehead atoms. The minimum absolute atomic E-state index is 0.249. The molecule has 0 spiro atoms. The van der Waals surface area contributed by atoms with Crippen molar-refractivity contribution in [2.75, 3.05) is 20.3 Å². The van der Waals surface area contributed by atoms with Crippen molar-refractivity contribution >= 4 is 11.8 Å². The molecule has 0 aliphatic heterocycles. The van der Waals surface area contributed by atoms with Gasteiger partial charge in [0, 0.05) is 13.7 Å². The third-order valence-electron chi connectivity index (χ3n) is 2.67. The van der Waals surface area contributed by atoms with E-state index in [1.807, 2.05) is 6.92 Å². The Bertz CT molecular complexity index is 418. The van der Waals surface area contributed by atoms with Gasteiger partial charge in [-0.15, -0.1) is 4.91 Å². The van der Waals surface area contributed by atoms with Gasteiger partial charge in [-0.1, -0.05) is 6.92 Å². The van der Waals surface area contributed by atoms with Crippen molar-refractivity contribution in [1.29, 1.82) is 0 Å². The lowest BCUT2D eigenvalue weighted by Gasteiger charge is -2.11. The van der Waals surface area contributed by atoms with Crippen LogP contribution in [0.25, 0.3) is 0 Å². The van der Waals surface area contributed by atoms with E-state index in [0.29, 0.717) is 19.0 Å². The third-order valence-corrected chi connectivity index (χ3v) is 2.67. The number of methoxy groups -OCH3 is 1. The van der Waals surface area contributed by atoms with E-state index in [4.69, 9.17) is 14.2 Å². The van der Waals surface area contributed by atoms with E-state index in [2.05, 4.69) is 5.18 Å². The Labute approximate surface area is 118 Å². The third kappa shape index (κ3) is 6.29. The molecule has 1 atom stereocenters. The van der Waals surface area contributed by atoms with Gasteiger partial charge in [-0.05, 0) is 48.2 Å². The standard InChI is InChI=1S/C14H19NO5/c1-11(4-3-9-18-2)10-19-14(16)20-13-7-5-12(15-17)6-8-13/h5-8,11H,3-4,9-10H2,1-2H3. The van der Waals surface area contributed by atoms with Crippen LogP contribution in [0.3, 0.4) is 0 Å². The van der Waals surface area contributed by atoms with Gasteiger partial charge < -0.3 is 14.2 Å². The Kier molecular flexibility index (Phi) is 7.27. The van der Waals surface area contributed by atoms with Gasteiger partial charge in [0.15, 0.2) is 0 Å². The lowest BCUT2D eigenvalue weighted by atomic mass is 10.1. The van der Waals surface area contributed by atoms with E-state index >= 15 is 0 Å². The van der Waals surface area contributed by atoms with Crippen molar-refractivity contribution in [3.05, 3.63) is 29.2 Å². The highest BCUT2D eigenvalue weighted by atomic mass is 16.7. The van der Waals surface area contributed by atoms with Crippen LogP contribution in [0, 0.1) is 10.8 Å². The highest BCUT2D eigenvalue weighted by molar-refractivity contribution is 5.64. The van der Waals surface area contributed by atoms with Crippen LogP contribution < -0.4 is 4.74 Å². The smallest absolute Gasteiger partial charge is 0.434 e. The second-order valence-electron chi connectivity index (χ2n) is 4.49. The molecule has 1 aromatic carbocycles. The van der Waals surface area contributed by atoms with Gasteiger partial charge >= 0.3 is 6.16 Å². The zero-order valence-electron chi connectivity index (χ0n) is 11.7. The number of benzene rings is 1. The highest BCUT2D eigenvalue weighted by Crippen LogP contribution is 2.18. The van der Waals surface area contributed by atoms with Crippen LogP contribution in [-0.4, -0.2) is 26.5 Å². The molecule has 1 aromatic rings. The number of hydrogen-bond donors (Lipinski definition) is 0. The van der Waals surface area contributed by atoms with Gasteiger partial charge in [-0.2, -0.15) is 0 Å². The molecule has 0 radical (unpaired) electrons. The molecular formula is C14H19NO5. The van der Waals surface area contributed by atoms with Crippen molar-refractivity contribution in [2.24, 2.45) is 11.1 Å². The summed E-state index contributed by atoms with van der Waals surface area (Å²) < 4.78 is 14.9. The molecule has 1 unspecified atom stereocenters. The number of hydrogen-bond acceptors (Lipinski definition) is 6. The molecule has 0 aromatic heterocycles. The Morgan fingerprint density at radius 2 is 2.00 bits per heavy atom. The van der Waals surface area contributed by atoms with Crippen LogP contribution in [0.15, 0.2) is 29.4 Å². The Hall–Kier alpha value is -1.95. The summed E-state index contributed by atoms with van der Waals surface area (Å²) in [6.45, 7) is 3.00. The Balaban J connectivity index is 2.26. The van der Waals surface area contributed by atoms with E-state index in [1.165, 1.54) is 24.3 Å². The summed E-state index contributed by atoms with van der Waals surface area (Å²) in [5.74, 6) is 0.564. The molecule has 1 rings (SSSR count). The fourth-order valence-electron chi connectivity index (χ4n) is 1.57. The maximum absolute atomic E-state index is 11.4. The fraction of sp³-hybridized carbons (Fsp3) is 0.500. The van der Waals surface area contributed by atoms with E-state index < -0.39 is 6.16 Å². The van der Waals surface area contributed by atoms with Gasteiger partial charge in [-0.3, -0.25) is 0 Å². The molecule has 0 amide bonds. The van der Waals surface area contributed by atoms with Crippen LogP contribution >= 0.6 is 0 Å². The summed E-state index contributed by atoms with van der Waals surface area (Å²) in [6, 6.07) is 5.89. The van der Waals surface area contributed by atoms with Crippen molar-refractivity contribution in [3.8, 4) is 5.75 Å². The highest BCUT2D eigenvalue weighted by Gasteiger charge is 2.09. The average molecular weight is 281 g/mol. The first-order valence-corrected chi connectivity index (χ1v) is 6.42. The second-order valence-corrected chi connectivity index (χ2v) is 4.49. The molecule has 110 valence electrons. The topological polar surface area (TPSA) is 74.2 Å². The largest absolute Gasteiger partial charge is 0.513 e. The number of nitrogens with zero attached hydrogens (tertiary/aromatic N) is 1. The zero-order valence-corrected chi connectivity index (χ0v) is 11.7.